The maximum atomic E-state index is 13.1. The molecule has 20 heavy (non-hydrogen) atoms. The molecule has 8 heteroatoms. The molecule has 1 saturated carbocycles. The molecule has 1 unspecified atom stereocenters. The van der Waals surface area contributed by atoms with Crippen LogP contribution in [0, 0.1) is 5.92 Å². The van der Waals surface area contributed by atoms with Crippen LogP contribution in [0.2, 0.25) is 0 Å². The summed E-state index contributed by atoms with van der Waals surface area (Å²) in [4.78, 5) is 10.8. The monoisotopic (exact) mass is 288 g/mol. The number of alkyl halides is 2. The second kappa shape index (κ2) is 5.80. The molecule has 2 rings (SSSR count). The van der Waals surface area contributed by atoms with Crippen molar-refractivity contribution in [3.05, 3.63) is 5.82 Å². The lowest BCUT2D eigenvalue weighted by molar-refractivity contribution is -0.141. The maximum Gasteiger partial charge on any atom is 0.306 e. The molecule has 6 nitrogen and oxygen atoms in total. The van der Waals surface area contributed by atoms with Crippen LogP contribution < -0.4 is 0 Å². The summed E-state index contributed by atoms with van der Waals surface area (Å²) in [6.07, 6.45) is 0.853. The van der Waals surface area contributed by atoms with Crippen LogP contribution in [0.5, 0.6) is 0 Å². The summed E-state index contributed by atoms with van der Waals surface area (Å²) in [5.74, 6) is -3.39. The van der Waals surface area contributed by atoms with Gasteiger partial charge in [0.2, 0.25) is 5.92 Å². The number of aromatic nitrogens is 4. The molecule has 112 valence electrons. The van der Waals surface area contributed by atoms with Crippen molar-refractivity contribution >= 4 is 5.97 Å². The molecule has 0 aromatic carbocycles. The summed E-state index contributed by atoms with van der Waals surface area (Å²) in [6, 6.07) is 0. The van der Waals surface area contributed by atoms with Crippen molar-refractivity contribution in [2.75, 3.05) is 0 Å². The Morgan fingerprint density at radius 2 is 2.15 bits per heavy atom. The largest absolute Gasteiger partial charge is 0.481 e. The fourth-order valence-corrected chi connectivity index (χ4v) is 2.40. The Labute approximate surface area is 115 Å². The van der Waals surface area contributed by atoms with Gasteiger partial charge in [-0.05, 0) is 29.7 Å². The van der Waals surface area contributed by atoms with Crippen LogP contribution >= 0.6 is 0 Å². The number of carboxylic acids is 1. The molecule has 0 bridgehead atoms. The zero-order valence-electron chi connectivity index (χ0n) is 11.3. The van der Waals surface area contributed by atoms with Crippen LogP contribution in [0.15, 0.2) is 0 Å². The van der Waals surface area contributed by atoms with Gasteiger partial charge in [-0.25, -0.2) is 13.5 Å². The molecule has 1 aromatic heterocycles. The summed E-state index contributed by atoms with van der Waals surface area (Å²) in [7, 11) is 0. The second-order valence-corrected chi connectivity index (χ2v) is 5.42. The standard InChI is InChI=1S/C12H18F2N4O2/c1-8(11(19)20)4-7-18-10(15-16-17-18)9-2-5-12(13,14)6-3-9/h8-9H,2-7H2,1H3,(H,19,20). The van der Waals surface area contributed by atoms with E-state index < -0.39 is 17.8 Å². The van der Waals surface area contributed by atoms with Gasteiger partial charge in [0.05, 0.1) is 5.92 Å². The topological polar surface area (TPSA) is 80.9 Å². The van der Waals surface area contributed by atoms with Crippen molar-refractivity contribution in [1.29, 1.82) is 0 Å². The van der Waals surface area contributed by atoms with Crippen molar-refractivity contribution < 1.29 is 18.7 Å². The molecule has 0 aliphatic heterocycles. The lowest BCUT2D eigenvalue weighted by Crippen LogP contribution is -2.25. The number of nitrogens with zero attached hydrogens (tertiary/aromatic N) is 4. The number of aryl methyl sites for hydroxylation is 1. The summed E-state index contributed by atoms with van der Waals surface area (Å²) in [6.45, 7) is 2.01. The van der Waals surface area contributed by atoms with Gasteiger partial charge in [0.25, 0.3) is 0 Å². The molecular weight excluding hydrogens is 270 g/mol. The predicted molar refractivity (Wildman–Crippen MR) is 65.4 cm³/mol. The van der Waals surface area contributed by atoms with Crippen molar-refractivity contribution in [3.8, 4) is 0 Å². The van der Waals surface area contributed by atoms with Crippen molar-refractivity contribution in [1.82, 2.24) is 20.2 Å². The molecule has 1 aliphatic rings. The summed E-state index contributed by atoms with van der Waals surface area (Å²) in [5, 5.41) is 20.2. The van der Waals surface area contributed by atoms with E-state index in [1.165, 1.54) is 0 Å². The number of hydrogen-bond acceptors (Lipinski definition) is 4. The Hall–Kier alpha value is -1.60. The van der Waals surface area contributed by atoms with E-state index in [1.54, 1.807) is 11.6 Å². The fraction of sp³-hybridized carbons (Fsp3) is 0.833. The first-order valence-electron chi connectivity index (χ1n) is 6.76. The highest BCUT2D eigenvalue weighted by molar-refractivity contribution is 5.69. The van der Waals surface area contributed by atoms with Gasteiger partial charge in [0.1, 0.15) is 0 Å². The van der Waals surface area contributed by atoms with Gasteiger partial charge >= 0.3 is 5.97 Å². The predicted octanol–water partition coefficient (Wildman–Crippen LogP) is 2.08. The average Bonchev–Trinajstić information content (AvgIpc) is 2.84. The number of tetrazole rings is 1. The van der Waals surface area contributed by atoms with E-state index in [-0.39, 0.29) is 18.8 Å². The third kappa shape index (κ3) is 3.49. The van der Waals surface area contributed by atoms with Gasteiger partial charge in [0.15, 0.2) is 5.82 Å². The molecule has 0 amide bonds. The molecule has 1 atom stereocenters. The second-order valence-electron chi connectivity index (χ2n) is 5.42. The Bertz CT molecular complexity index is 468. The molecule has 1 fully saturated rings. The fourth-order valence-electron chi connectivity index (χ4n) is 2.40. The average molecular weight is 288 g/mol. The van der Waals surface area contributed by atoms with Crippen LogP contribution in [0.1, 0.15) is 50.8 Å². The Kier molecular flexibility index (Phi) is 4.29. The van der Waals surface area contributed by atoms with E-state index in [1.807, 2.05) is 0 Å². The smallest absolute Gasteiger partial charge is 0.306 e. The molecule has 1 N–H and O–H groups in total. The zero-order valence-corrected chi connectivity index (χ0v) is 11.3. The van der Waals surface area contributed by atoms with Gasteiger partial charge in [-0.3, -0.25) is 4.79 Å². The first kappa shape index (κ1) is 14.8. The molecule has 1 aromatic rings. The SMILES string of the molecule is CC(CCn1nnnc1C1CCC(F)(F)CC1)C(=O)O. The van der Waals surface area contributed by atoms with Crippen molar-refractivity contribution in [2.24, 2.45) is 5.92 Å². The van der Waals surface area contributed by atoms with Crippen molar-refractivity contribution in [3.63, 3.8) is 0 Å². The Morgan fingerprint density at radius 3 is 2.75 bits per heavy atom. The van der Waals surface area contributed by atoms with Crippen LogP contribution in [0.3, 0.4) is 0 Å². The summed E-state index contributed by atoms with van der Waals surface area (Å²) >= 11 is 0. The van der Waals surface area contributed by atoms with Gasteiger partial charge in [-0.1, -0.05) is 6.92 Å². The normalized spacial score (nSPS) is 20.8. The number of rotatable bonds is 5. The number of carboxylic acid groups (broad SMARTS) is 1. The first-order chi connectivity index (χ1) is 9.39. The molecule has 0 spiro atoms. The number of hydrogen-bond donors (Lipinski definition) is 1. The highest BCUT2D eigenvalue weighted by Crippen LogP contribution is 2.40. The van der Waals surface area contributed by atoms with E-state index >= 15 is 0 Å². The third-order valence-electron chi connectivity index (χ3n) is 3.84. The lowest BCUT2D eigenvalue weighted by atomic mass is 9.86. The van der Waals surface area contributed by atoms with E-state index in [4.69, 9.17) is 5.11 Å². The van der Waals surface area contributed by atoms with Gasteiger partial charge < -0.3 is 5.11 Å². The quantitative estimate of drug-likeness (QED) is 0.897. The molecule has 1 aliphatic carbocycles. The van der Waals surface area contributed by atoms with Gasteiger partial charge in [-0.15, -0.1) is 5.10 Å². The number of aliphatic carboxylic acids is 1. The number of carbonyl (C=O) groups is 1. The lowest BCUT2D eigenvalue weighted by Gasteiger charge is -2.27. The highest BCUT2D eigenvalue weighted by atomic mass is 19.3. The molecular formula is C12H18F2N4O2. The van der Waals surface area contributed by atoms with Gasteiger partial charge in [0, 0.05) is 25.3 Å². The minimum absolute atomic E-state index is 0.0650. The molecule has 0 radical (unpaired) electrons. The van der Waals surface area contributed by atoms with Crippen LogP contribution in [-0.4, -0.2) is 37.2 Å². The Balaban J connectivity index is 1.97. The Morgan fingerprint density at radius 1 is 1.50 bits per heavy atom. The van der Waals surface area contributed by atoms with E-state index in [0.717, 1.165) is 0 Å². The minimum atomic E-state index is -2.58. The van der Waals surface area contributed by atoms with Crippen LogP contribution in [0.25, 0.3) is 0 Å². The van der Waals surface area contributed by atoms with Crippen LogP contribution in [0.4, 0.5) is 8.78 Å². The van der Waals surface area contributed by atoms with Crippen molar-refractivity contribution in [2.45, 2.75) is 57.4 Å². The summed E-state index contributed by atoms with van der Waals surface area (Å²) < 4.78 is 27.8. The first-order valence-corrected chi connectivity index (χ1v) is 6.76. The van der Waals surface area contributed by atoms with Gasteiger partial charge in [-0.2, -0.15) is 0 Å². The molecule has 0 saturated heterocycles. The highest BCUT2D eigenvalue weighted by Gasteiger charge is 2.37. The minimum Gasteiger partial charge on any atom is -0.481 e. The summed E-state index contributed by atoms with van der Waals surface area (Å²) in [5.41, 5.74) is 0. The van der Waals surface area contributed by atoms with E-state index in [2.05, 4.69) is 15.5 Å². The van der Waals surface area contributed by atoms with Crippen LogP contribution in [-0.2, 0) is 11.3 Å². The third-order valence-corrected chi connectivity index (χ3v) is 3.84. The number of halogens is 2. The molecule has 1 heterocycles. The zero-order chi connectivity index (χ0) is 14.8. The van der Waals surface area contributed by atoms with E-state index in [0.29, 0.717) is 31.6 Å². The van der Waals surface area contributed by atoms with E-state index in [9.17, 15) is 13.6 Å². The maximum absolute atomic E-state index is 13.1.